The monoisotopic (exact) mass is 713 g/mol. The zero-order valence-electron chi connectivity index (χ0n) is 30.7. The van der Waals surface area contributed by atoms with Crippen molar-refractivity contribution in [3.63, 3.8) is 0 Å². The van der Waals surface area contributed by atoms with Crippen molar-refractivity contribution in [2.75, 3.05) is 25.6 Å². The highest BCUT2D eigenvalue weighted by Crippen LogP contribution is 2.62. The van der Waals surface area contributed by atoms with E-state index in [1.54, 1.807) is 0 Å². The van der Waals surface area contributed by atoms with Crippen molar-refractivity contribution >= 4 is 28.2 Å². The normalized spacial score (nSPS) is 26.2. The Balaban J connectivity index is 1.52. The van der Waals surface area contributed by atoms with Gasteiger partial charge in [0.15, 0.2) is 0 Å². The van der Waals surface area contributed by atoms with Crippen LogP contribution in [0.5, 0.6) is 17.2 Å². The maximum atomic E-state index is 9.85. The Kier molecular flexibility index (Phi) is 12.2. The minimum atomic E-state index is -0.953. The van der Waals surface area contributed by atoms with E-state index < -0.39 is 11.4 Å². The van der Waals surface area contributed by atoms with Gasteiger partial charge in [-0.3, -0.25) is 0 Å². The molecule has 6 unspecified atom stereocenters. The second-order valence-electron chi connectivity index (χ2n) is 15.0. The lowest BCUT2D eigenvalue weighted by Crippen LogP contribution is -2.64. The molecule has 2 aliphatic carbocycles. The lowest BCUT2D eigenvalue weighted by atomic mass is 9.56. The second-order valence-corrected chi connectivity index (χ2v) is 16.5. The summed E-state index contributed by atoms with van der Waals surface area (Å²) >= 11 is 1.85. The molecular formula is C43H55NO6S. The second kappa shape index (κ2) is 16.6. The molecule has 0 radical (unpaired) electrons. The van der Waals surface area contributed by atoms with Crippen LogP contribution in [0.15, 0.2) is 90.1 Å². The molecule has 3 aromatic carbocycles. The van der Waals surface area contributed by atoms with Gasteiger partial charge < -0.3 is 29.3 Å². The Morgan fingerprint density at radius 1 is 0.961 bits per heavy atom. The number of ether oxygens (including phenoxy) is 3. The molecule has 0 amide bonds. The molecular weight excluding hydrogens is 659 g/mol. The van der Waals surface area contributed by atoms with E-state index in [4.69, 9.17) is 24.2 Å². The van der Waals surface area contributed by atoms with Crippen LogP contribution in [-0.2, 0) is 9.57 Å². The number of rotatable bonds is 16. The summed E-state index contributed by atoms with van der Waals surface area (Å²) in [6.07, 6.45) is 10.1. The number of allylic oxidation sites excluding steroid dienone is 1. The lowest BCUT2D eigenvalue weighted by molar-refractivity contribution is -0.223. The van der Waals surface area contributed by atoms with Gasteiger partial charge >= 0.3 is 0 Å². The standard InChI is InChI=1S/C43H55NO6S/c1-6-24-47-43-39(51-7-2)28-37(44-50-42(3,4)5)35-26-31(16-10-12-22-45)34(17-11-13-23-46)40(41(35)43)36-27-33(20-21-38(36)49-43)48-32-19-18-29-14-8-9-15-30(29)25-32/h6,8-9,14-15,18-21,25-27,31,34,39-41,45-46H,1,7,10-13,16-17,22-24,28H2,2-5H3. The van der Waals surface area contributed by atoms with Crippen LogP contribution in [0.2, 0.25) is 0 Å². The number of hydrogen-bond acceptors (Lipinski definition) is 8. The van der Waals surface area contributed by atoms with Crippen molar-refractivity contribution in [3.05, 3.63) is 90.5 Å². The first-order chi connectivity index (χ1) is 24.7. The Bertz CT molecular complexity index is 1710. The Morgan fingerprint density at radius 2 is 1.69 bits per heavy atom. The summed E-state index contributed by atoms with van der Waals surface area (Å²) in [5.74, 6) is 2.64. The van der Waals surface area contributed by atoms with Crippen molar-refractivity contribution in [1.29, 1.82) is 0 Å². The molecule has 7 nitrogen and oxygen atoms in total. The smallest absolute Gasteiger partial charge is 0.230 e. The highest BCUT2D eigenvalue weighted by Gasteiger charge is 2.63. The third kappa shape index (κ3) is 8.20. The minimum absolute atomic E-state index is 0.0247. The van der Waals surface area contributed by atoms with Crippen molar-refractivity contribution < 1.29 is 29.3 Å². The van der Waals surface area contributed by atoms with Gasteiger partial charge in [0, 0.05) is 31.1 Å². The van der Waals surface area contributed by atoms with E-state index >= 15 is 0 Å². The predicted octanol–water partition coefficient (Wildman–Crippen LogP) is 9.82. The summed E-state index contributed by atoms with van der Waals surface area (Å²) < 4.78 is 20.8. The number of aliphatic hydroxyl groups is 2. The Morgan fingerprint density at radius 3 is 2.41 bits per heavy atom. The van der Waals surface area contributed by atoms with Crippen molar-refractivity contribution in [2.24, 2.45) is 22.9 Å². The number of fused-ring (bicyclic) bond motifs is 3. The average Bonchev–Trinajstić information content (AvgIpc) is 3.12. The summed E-state index contributed by atoms with van der Waals surface area (Å²) in [7, 11) is 0. The van der Waals surface area contributed by atoms with Crippen LogP contribution in [0.1, 0.15) is 84.1 Å². The zero-order valence-corrected chi connectivity index (χ0v) is 31.5. The molecule has 8 heteroatoms. The van der Waals surface area contributed by atoms with Crippen LogP contribution >= 0.6 is 11.8 Å². The molecule has 1 fully saturated rings. The molecule has 0 spiro atoms. The van der Waals surface area contributed by atoms with E-state index in [1.807, 2.05) is 62.9 Å². The fraction of sp³-hybridized carbons (Fsp3) is 0.512. The molecule has 1 aliphatic heterocycles. The molecule has 274 valence electrons. The third-order valence-corrected chi connectivity index (χ3v) is 11.6. The van der Waals surface area contributed by atoms with Crippen LogP contribution in [0.4, 0.5) is 0 Å². The van der Waals surface area contributed by atoms with Gasteiger partial charge in [0.1, 0.15) is 22.8 Å². The average molecular weight is 714 g/mol. The zero-order chi connectivity index (χ0) is 36.0. The Hall–Kier alpha value is -3.30. The molecule has 3 aliphatic rings. The van der Waals surface area contributed by atoms with Crippen molar-refractivity contribution in [1.82, 2.24) is 0 Å². The molecule has 1 saturated carbocycles. The van der Waals surface area contributed by atoms with Gasteiger partial charge in [-0.25, -0.2) is 0 Å². The maximum absolute atomic E-state index is 9.85. The van der Waals surface area contributed by atoms with Crippen LogP contribution in [-0.4, -0.2) is 58.1 Å². The Labute approximate surface area is 308 Å². The molecule has 6 rings (SSSR count). The van der Waals surface area contributed by atoms with Gasteiger partial charge in [0.05, 0.1) is 23.5 Å². The fourth-order valence-corrected chi connectivity index (χ4v) is 9.47. The van der Waals surface area contributed by atoms with Gasteiger partial charge in [-0.05, 0) is 111 Å². The van der Waals surface area contributed by atoms with Gasteiger partial charge in [-0.1, -0.05) is 67.4 Å². The van der Waals surface area contributed by atoms with E-state index in [0.717, 1.165) is 83.8 Å². The number of unbranched alkanes of at least 4 members (excludes halogenated alkanes) is 2. The third-order valence-electron chi connectivity index (χ3n) is 10.4. The highest BCUT2D eigenvalue weighted by atomic mass is 32.2. The number of hydrogen-bond donors (Lipinski definition) is 2. The van der Waals surface area contributed by atoms with Crippen molar-refractivity contribution in [3.8, 4) is 17.2 Å². The molecule has 0 saturated heterocycles. The number of benzene rings is 3. The topological polar surface area (TPSA) is 89.7 Å². The van der Waals surface area contributed by atoms with E-state index in [1.165, 1.54) is 5.39 Å². The molecule has 2 N–H and O–H groups in total. The number of aliphatic hydroxyl groups excluding tert-OH is 2. The quantitative estimate of drug-likeness (QED) is 0.0868. The van der Waals surface area contributed by atoms with Gasteiger partial charge in [0.2, 0.25) is 5.79 Å². The first kappa shape index (κ1) is 37.5. The largest absolute Gasteiger partial charge is 0.460 e. The molecule has 6 atom stereocenters. The van der Waals surface area contributed by atoms with E-state index in [2.05, 4.69) is 56.0 Å². The molecule has 1 heterocycles. The lowest BCUT2D eigenvalue weighted by Gasteiger charge is -2.58. The van der Waals surface area contributed by atoms with Crippen LogP contribution in [0.3, 0.4) is 0 Å². The summed E-state index contributed by atoms with van der Waals surface area (Å²) in [5, 5.41) is 26.8. The van der Waals surface area contributed by atoms with Gasteiger partial charge in [-0.15, -0.1) is 6.58 Å². The predicted molar refractivity (Wildman–Crippen MR) is 208 cm³/mol. The minimum Gasteiger partial charge on any atom is -0.460 e. The van der Waals surface area contributed by atoms with Crippen LogP contribution in [0.25, 0.3) is 10.8 Å². The highest BCUT2D eigenvalue weighted by molar-refractivity contribution is 8.00. The van der Waals surface area contributed by atoms with Gasteiger partial charge in [-0.2, -0.15) is 11.8 Å². The summed E-state index contributed by atoms with van der Waals surface area (Å²) in [4.78, 5) is 6.17. The van der Waals surface area contributed by atoms with Crippen LogP contribution in [0, 0.1) is 17.8 Å². The molecule has 3 aromatic rings. The summed E-state index contributed by atoms with van der Waals surface area (Å²) in [5.41, 5.74) is 2.77. The number of nitrogens with zero attached hydrogens (tertiary/aromatic N) is 1. The van der Waals surface area contributed by atoms with E-state index in [0.29, 0.717) is 13.0 Å². The number of thioether (sulfide) groups is 1. The fourth-order valence-electron chi connectivity index (χ4n) is 8.30. The summed E-state index contributed by atoms with van der Waals surface area (Å²) in [6, 6.07) is 20.7. The maximum Gasteiger partial charge on any atom is 0.230 e. The SMILES string of the molecule is C=CCOC12Oc3ccc(Oc4ccc5ccccc5c4)cc3C3C(CCCCO)C(CCCCO)C=C(C(=NOC(C)(C)C)CC1SCC)C32. The summed E-state index contributed by atoms with van der Waals surface area (Å²) in [6.45, 7) is 13.0. The first-order valence-electron chi connectivity index (χ1n) is 18.8. The first-order valence-corrected chi connectivity index (χ1v) is 19.8. The molecule has 0 bridgehead atoms. The van der Waals surface area contributed by atoms with E-state index in [-0.39, 0.29) is 42.1 Å². The van der Waals surface area contributed by atoms with E-state index in [9.17, 15) is 10.2 Å². The molecule has 0 aromatic heterocycles. The molecule has 51 heavy (non-hydrogen) atoms. The number of oxime groups is 1. The van der Waals surface area contributed by atoms with Crippen molar-refractivity contribution in [2.45, 2.75) is 95.2 Å². The van der Waals surface area contributed by atoms with Crippen LogP contribution < -0.4 is 9.47 Å². The van der Waals surface area contributed by atoms with Gasteiger partial charge in [0.25, 0.3) is 0 Å².